The van der Waals surface area contributed by atoms with E-state index in [1.165, 1.54) is 16.8 Å². The first kappa shape index (κ1) is 10.9. The smallest absolute Gasteiger partial charge is 0.0662 e. The lowest BCUT2D eigenvalue weighted by atomic mass is 10.2. The zero-order valence-corrected chi connectivity index (χ0v) is 9.77. The maximum absolute atomic E-state index is 4.41. The van der Waals surface area contributed by atoms with Gasteiger partial charge in [0.2, 0.25) is 0 Å². The molecule has 2 rings (SSSR count). The highest BCUT2D eigenvalue weighted by molar-refractivity contribution is 5.19. The molecule has 1 heterocycles. The van der Waals surface area contributed by atoms with E-state index in [-0.39, 0.29) is 0 Å². The quantitative estimate of drug-likeness (QED) is 0.845. The molecule has 0 fully saturated rings. The number of hydrogen-bond donors (Lipinski definition) is 1. The predicted octanol–water partition coefficient (Wildman–Crippen LogP) is 1.96. The Morgan fingerprint density at radius 3 is 2.69 bits per heavy atom. The Kier molecular flexibility index (Phi) is 3.37. The van der Waals surface area contributed by atoms with Gasteiger partial charge in [-0.05, 0) is 19.5 Å². The highest BCUT2D eigenvalue weighted by atomic mass is 15.3. The summed E-state index contributed by atoms with van der Waals surface area (Å²) in [5.41, 5.74) is 3.78. The highest BCUT2D eigenvalue weighted by Gasteiger charge is 2.05. The molecule has 0 bridgehead atoms. The van der Waals surface area contributed by atoms with Crippen LogP contribution in [0.15, 0.2) is 36.5 Å². The van der Waals surface area contributed by atoms with Crippen molar-refractivity contribution in [2.45, 2.75) is 20.0 Å². The highest BCUT2D eigenvalue weighted by Crippen LogP contribution is 2.09. The number of nitrogens with zero attached hydrogens (tertiary/aromatic N) is 2. The third kappa shape index (κ3) is 2.31. The zero-order chi connectivity index (χ0) is 11.4. The number of nitrogens with one attached hydrogen (secondary N) is 1. The van der Waals surface area contributed by atoms with Crippen molar-refractivity contribution >= 4 is 0 Å². The Morgan fingerprint density at radius 2 is 2.00 bits per heavy atom. The summed E-state index contributed by atoms with van der Waals surface area (Å²) < 4.78 is 2.04. The molecule has 0 aliphatic rings. The average Bonchev–Trinajstić information content (AvgIpc) is 2.64. The maximum atomic E-state index is 4.41. The van der Waals surface area contributed by atoms with Crippen LogP contribution in [0.25, 0.3) is 0 Å². The Hall–Kier alpha value is -1.61. The molecule has 3 nitrogen and oxygen atoms in total. The van der Waals surface area contributed by atoms with Crippen LogP contribution >= 0.6 is 0 Å². The van der Waals surface area contributed by atoms with E-state index in [2.05, 4.69) is 41.6 Å². The summed E-state index contributed by atoms with van der Waals surface area (Å²) in [6.07, 6.45) is 1.94. The van der Waals surface area contributed by atoms with Crippen LogP contribution in [0.3, 0.4) is 0 Å². The lowest BCUT2D eigenvalue weighted by Gasteiger charge is -2.05. The first-order valence-electron chi connectivity index (χ1n) is 5.51. The monoisotopic (exact) mass is 215 g/mol. The second-order valence-corrected chi connectivity index (χ2v) is 3.93. The average molecular weight is 215 g/mol. The van der Waals surface area contributed by atoms with Crippen molar-refractivity contribution in [2.75, 3.05) is 7.05 Å². The molecule has 0 atom stereocenters. The van der Waals surface area contributed by atoms with Gasteiger partial charge in [0, 0.05) is 17.8 Å². The minimum atomic E-state index is 0.844. The van der Waals surface area contributed by atoms with Crippen molar-refractivity contribution < 1.29 is 0 Å². The molecule has 0 unspecified atom stereocenters. The molecule has 0 saturated heterocycles. The Balaban J connectivity index is 2.16. The van der Waals surface area contributed by atoms with Gasteiger partial charge >= 0.3 is 0 Å². The molecule has 0 spiro atoms. The van der Waals surface area contributed by atoms with Crippen LogP contribution in [0.2, 0.25) is 0 Å². The molecule has 3 heteroatoms. The van der Waals surface area contributed by atoms with E-state index in [0.29, 0.717) is 0 Å². The van der Waals surface area contributed by atoms with Gasteiger partial charge in [-0.15, -0.1) is 0 Å². The number of rotatable bonds is 4. The molecule has 2 aromatic rings. The zero-order valence-electron chi connectivity index (χ0n) is 9.77. The third-order valence-corrected chi connectivity index (χ3v) is 2.75. The molecule has 84 valence electrons. The summed E-state index contributed by atoms with van der Waals surface area (Å²) >= 11 is 0. The molecule has 0 saturated carbocycles. The lowest BCUT2D eigenvalue weighted by Crippen LogP contribution is -2.08. The molecule has 0 aliphatic heterocycles. The maximum Gasteiger partial charge on any atom is 0.0662 e. The van der Waals surface area contributed by atoms with Crippen LogP contribution in [0.1, 0.15) is 16.8 Å². The molecule has 16 heavy (non-hydrogen) atoms. The van der Waals surface area contributed by atoms with Gasteiger partial charge in [0.25, 0.3) is 0 Å². The van der Waals surface area contributed by atoms with Gasteiger partial charge in [-0.1, -0.05) is 30.3 Å². The van der Waals surface area contributed by atoms with E-state index in [4.69, 9.17) is 0 Å². The molecule has 1 N–H and O–H groups in total. The fraction of sp³-hybridized carbons (Fsp3) is 0.308. The molecule has 1 aromatic heterocycles. The fourth-order valence-electron chi connectivity index (χ4n) is 1.76. The number of aromatic nitrogens is 2. The van der Waals surface area contributed by atoms with Crippen LogP contribution in [-0.2, 0) is 13.1 Å². The van der Waals surface area contributed by atoms with Crippen LogP contribution in [-0.4, -0.2) is 16.8 Å². The second kappa shape index (κ2) is 4.94. The van der Waals surface area contributed by atoms with Crippen molar-refractivity contribution in [3.63, 3.8) is 0 Å². The van der Waals surface area contributed by atoms with Gasteiger partial charge in [0.15, 0.2) is 0 Å². The van der Waals surface area contributed by atoms with E-state index in [0.717, 1.165) is 13.1 Å². The van der Waals surface area contributed by atoms with Crippen molar-refractivity contribution in [1.82, 2.24) is 15.1 Å². The first-order valence-corrected chi connectivity index (χ1v) is 5.51. The van der Waals surface area contributed by atoms with Gasteiger partial charge in [-0.3, -0.25) is 4.68 Å². The van der Waals surface area contributed by atoms with Gasteiger partial charge in [-0.25, -0.2) is 0 Å². The lowest BCUT2D eigenvalue weighted by molar-refractivity contribution is 0.662. The minimum absolute atomic E-state index is 0.844. The van der Waals surface area contributed by atoms with Gasteiger partial charge in [0.05, 0.1) is 12.7 Å². The Morgan fingerprint density at radius 1 is 1.25 bits per heavy atom. The number of hydrogen-bond acceptors (Lipinski definition) is 2. The Labute approximate surface area is 96.1 Å². The van der Waals surface area contributed by atoms with Crippen LogP contribution in [0.4, 0.5) is 0 Å². The third-order valence-electron chi connectivity index (χ3n) is 2.75. The van der Waals surface area contributed by atoms with Gasteiger partial charge in [-0.2, -0.15) is 5.10 Å². The second-order valence-electron chi connectivity index (χ2n) is 3.93. The summed E-state index contributed by atoms with van der Waals surface area (Å²) in [5, 5.41) is 7.55. The predicted molar refractivity (Wildman–Crippen MR) is 65.3 cm³/mol. The van der Waals surface area contributed by atoms with Crippen molar-refractivity contribution in [3.05, 3.63) is 53.3 Å². The van der Waals surface area contributed by atoms with Crippen molar-refractivity contribution in [3.8, 4) is 0 Å². The van der Waals surface area contributed by atoms with Crippen molar-refractivity contribution in [2.24, 2.45) is 0 Å². The van der Waals surface area contributed by atoms with E-state index in [1.54, 1.807) is 0 Å². The fourth-order valence-corrected chi connectivity index (χ4v) is 1.76. The summed E-state index contributed by atoms with van der Waals surface area (Å²) in [6.45, 7) is 3.83. The summed E-state index contributed by atoms with van der Waals surface area (Å²) in [6, 6.07) is 10.4. The largest absolute Gasteiger partial charge is 0.316 e. The SMILES string of the molecule is CNCc1cnn(Cc2ccccc2)c1C. The molecular weight excluding hydrogens is 198 g/mol. The van der Waals surface area contributed by atoms with Crippen LogP contribution < -0.4 is 5.32 Å². The molecule has 0 radical (unpaired) electrons. The van der Waals surface area contributed by atoms with Crippen LogP contribution in [0.5, 0.6) is 0 Å². The summed E-state index contributed by atoms with van der Waals surface area (Å²) in [5.74, 6) is 0. The first-order chi connectivity index (χ1) is 7.81. The molecule has 1 aromatic carbocycles. The topological polar surface area (TPSA) is 29.9 Å². The van der Waals surface area contributed by atoms with E-state index < -0.39 is 0 Å². The minimum Gasteiger partial charge on any atom is -0.316 e. The molecule has 0 aliphatic carbocycles. The molecule has 0 amide bonds. The molecular formula is C13H17N3. The van der Waals surface area contributed by atoms with Gasteiger partial charge in [0.1, 0.15) is 0 Å². The summed E-state index contributed by atoms with van der Waals surface area (Å²) in [4.78, 5) is 0. The van der Waals surface area contributed by atoms with Gasteiger partial charge < -0.3 is 5.32 Å². The standard InChI is InChI=1S/C13H17N3/c1-11-13(8-14-2)9-15-16(11)10-12-6-4-3-5-7-12/h3-7,9,14H,8,10H2,1-2H3. The van der Waals surface area contributed by atoms with E-state index in [9.17, 15) is 0 Å². The normalized spacial score (nSPS) is 10.6. The Bertz CT molecular complexity index is 445. The number of benzene rings is 1. The summed E-state index contributed by atoms with van der Waals surface area (Å²) in [7, 11) is 1.95. The van der Waals surface area contributed by atoms with E-state index >= 15 is 0 Å². The van der Waals surface area contributed by atoms with Crippen LogP contribution in [0, 0.1) is 6.92 Å². The van der Waals surface area contributed by atoms with Crippen molar-refractivity contribution in [1.29, 1.82) is 0 Å². The van der Waals surface area contributed by atoms with E-state index in [1.807, 2.05) is 24.0 Å².